The third-order valence-electron chi connectivity index (χ3n) is 6.00. The van der Waals surface area contributed by atoms with Gasteiger partial charge in [0.2, 0.25) is 5.88 Å². The summed E-state index contributed by atoms with van der Waals surface area (Å²) in [7, 11) is 0. The lowest BCUT2D eigenvalue weighted by Crippen LogP contribution is -2.11. The lowest BCUT2D eigenvalue weighted by atomic mass is 10.00. The maximum Gasteiger partial charge on any atom is 0.309 e. The molecule has 0 bridgehead atoms. The number of carbonyl (C=O) groups excluding carboxylic acids is 2. The molecule has 1 amide bonds. The summed E-state index contributed by atoms with van der Waals surface area (Å²) in [5.74, 6) is -1.02. The van der Waals surface area contributed by atoms with Gasteiger partial charge in [-0.05, 0) is 67.1 Å². The number of benzene rings is 4. The Morgan fingerprint density at radius 1 is 0.897 bits per heavy atom. The van der Waals surface area contributed by atoms with Crippen LogP contribution in [-0.2, 0) is 4.79 Å². The fourth-order valence-corrected chi connectivity index (χ4v) is 4.31. The smallest absolute Gasteiger partial charge is 0.309 e. The third kappa shape index (κ3) is 5.73. The molecule has 39 heavy (non-hydrogen) atoms. The summed E-state index contributed by atoms with van der Waals surface area (Å²) in [5.41, 5.74) is 5.28. The van der Waals surface area contributed by atoms with E-state index >= 15 is 0 Å². The van der Waals surface area contributed by atoms with E-state index in [0.717, 1.165) is 11.1 Å². The van der Waals surface area contributed by atoms with E-state index in [4.69, 9.17) is 21.4 Å². The van der Waals surface area contributed by atoms with Crippen LogP contribution in [0.25, 0.3) is 28.1 Å². The number of hydrogen-bond acceptors (Lipinski definition) is 4. The summed E-state index contributed by atoms with van der Waals surface area (Å²) in [5, 5.41) is 8.12. The monoisotopic (exact) mass is 539 g/mol. The van der Waals surface area contributed by atoms with Crippen LogP contribution >= 0.6 is 11.6 Å². The van der Waals surface area contributed by atoms with Gasteiger partial charge in [-0.1, -0.05) is 59.6 Å². The molecule has 194 valence electrons. The lowest BCUT2D eigenvalue weighted by molar-refractivity contribution is -0.132. The molecule has 6 nitrogen and oxygen atoms in total. The van der Waals surface area contributed by atoms with Crippen molar-refractivity contribution in [3.05, 3.63) is 119 Å². The summed E-state index contributed by atoms with van der Waals surface area (Å²) >= 11 is 6.02. The number of hydrogen-bond donors (Lipinski definition) is 1. The van der Waals surface area contributed by atoms with Gasteiger partial charge in [-0.15, -0.1) is 0 Å². The minimum Gasteiger partial charge on any atom is -0.407 e. The second-order valence-electron chi connectivity index (χ2n) is 8.92. The van der Waals surface area contributed by atoms with Gasteiger partial charge in [0, 0.05) is 28.8 Å². The van der Waals surface area contributed by atoms with Crippen molar-refractivity contribution in [2.24, 2.45) is 0 Å². The average Bonchev–Trinajstić information content (AvgIpc) is 3.28. The number of aryl methyl sites for hydroxylation is 1. The highest BCUT2D eigenvalue weighted by atomic mass is 35.5. The van der Waals surface area contributed by atoms with Crippen molar-refractivity contribution >= 4 is 29.2 Å². The van der Waals surface area contributed by atoms with Gasteiger partial charge in [-0.25, -0.2) is 4.39 Å². The van der Waals surface area contributed by atoms with E-state index in [9.17, 15) is 14.0 Å². The molecule has 0 unspecified atom stereocenters. The first kappa shape index (κ1) is 25.9. The number of carbonyl (C=O) groups is 2. The van der Waals surface area contributed by atoms with Gasteiger partial charge in [0.15, 0.2) is 0 Å². The molecule has 8 heteroatoms. The van der Waals surface area contributed by atoms with Crippen LogP contribution in [0, 0.1) is 12.7 Å². The van der Waals surface area contributed by atoms with Gasteiger partial charge in [0.05, 0.1) is 11.3 Å². The summed E-state index contributed by atoms with van der Waals surface area (Å²) in [6.45, 7) is 3.30. The second-order valence-corrected chi connectivity index (χ2v) is 9.35. The van der Waals surface area contributed by atoms with Gasteiger partial charge in [-0.2, -0.15) is 9.78 Å². The number of aromatic nitrogens is 2. The molecule has 0 fully saturated rings. The number of anilines is 1. The molecule has 0 radical (unpaired) electrons. The summed E-state index contributed by atoms with van der Waals surface area (Å²) in [4.78, 5) is 24.9. The van der Waals surface area contributed by atoms with Crippen LogP contribution in [0.2, 0.25) is 5.02 Å². The third-order valence-corrected chi connectivity index (χ3v) is 6.23. The molecule has 0 saturated heterocycles. The Balaban J connectivity index is 1.60. The van der Waals surface area contributed by atoms with Crippen molar-refractivity contribution in [2.45, 2.75) is 13.8 Å². The average molecular weight is 540 g/mol. The van der Waals surface area contributed by atoms with Crippen LogP contribution in [0.4, 0.5) is 10.1 Å². The van der Waals surface area contributed by atoms with E-state index in [0.29, 0.717) is 38.8 Å². The molecule has 5 aromatic rings. The van der Waals surface area contributed by atoms with Crippen LogP contribution in [0.5, 0.6) is 5.88 Å². The summed E-state index contributed by atoms with van der Waals surface area (Å²) < 4.78 is 20.8. The molecule has 0 aliphatic carbocycles. The van der Waals surface area contributed by atoms with Crippen molar-refractivity contribution in [1.82, 2.24) is 9.78 Å². The molecular formula is C31H23ClFN3O3. The zero-order valence-corrected chi connectivity index (χ0v) is 21.9. The SMILES string of the molecule is CC(=O)Oc1c(-c2ccc(NC(=O)c3cccc(Cl)c3)cc2)c(-c2ccc(C)cc2)nn1-c1ccc(F)cc1. The molecule has 0 saturated carbocycles. The van der Waals surface area contributed by atoms with E-state index in [-0.39, 0.29) is 11.8 Å². The highest BCUT2D eigenvalue weighted by Crippen LogP contribution is 2.41. The molecular weight excluding hydrogens is 517 g/mol. The predicted octanol–water partition coefficient (Wildman–Crippen LogP) is 7.48. The fraction of sp³-hybridized carbons (Fsp3) is 0.0645. The molecule has 0 aliphatic heterocycles. The van der Waals surface area contributed by atoms with E-state index < -0.39 is 11.8 Å². The van der Waals surface area contributed by atoms with E-state index in [2.05, 4.69) is 5.32 Å². The van der Waals surface area contributed by atoms with Crippen molar-refractivity contribution in [3.63, 3.8) is 0 Å². The van der Waals surface area contributed by atoms with Crippen LogP contribution in [0.3, 0.4) is 0 Å². The molecule has 4 aromatic carbocycles. The maximum atomic E-state index is 13.7. The van der Waals surface area contributed by atoms with Crippen LogP contribution in [0.15, 0.2) is 97.1 Å². The normalized spacial score (nSPS) is 10.8. The molecule has 5 rings (SSSR count). The predicted molar refractivity (Wildman–Crippen MR) is 150 cm³/mol. The minimum atomic E-state index is -0.527. The number of ether oxygens (including phenoxy) is 1. The van der Waals surface area contributed by atoms with Gasteiger partial charge in [-0.3, -0.25) is 9.59 Å². The lowest BCUT2D eigenvalue weighted by Gasteiger charge is -2.11. The Morgan fingerprint density at radius 3 is 2.21 bits per heavy atom. The zero-order chi connectivity index (χ0) is 27.5. The topological polar surface area (TPSA) is 73.2 Å². The van der Waals surface area contributed by atoms with Crippen molar-refractivity contribution in [3.8, 4) is 34.0 Å². The Kier molecular flexibility index (Phi) is 7.25. The Labute approximate surface area is 229 Å². The molecule has 0 aliphatic rings. The molecule has 0 spiro atoms. The molecule has 0 atom stereocenters. The van der Waals surface area contributed by atoms with Crippen molar-refractivity contribution < 1.29 is 18.7 Å². The summed E-state index contributed by atoms with van der Waals surface area (Å²) in [6.07, 6.45) is 0. The maximum absolute atomic E-state index is 13.7. The van der Waals surface area contributed by atoms with Crippen LogP contribution in [-0.4, -0.2) is 21.7 Å². The number of esters is 1. The first-order chi connectivity index (χ1) is 18.8. The largest absolute Gasteiger partial charge is 0.407 e. The first-order valence-electron chi connectivity index (χ1n) is 12.1. The number of amides is 1. The number of nitrogens with one attached hydrogen (secondary N) is 1. The van der Waals surface area contributed by atoms with Crippen molar-refractivity contribution in [1.29, 1.82) is 0 Å². The number of halogens is 2. The van der Waals surface area contributed by atoms with Gasteiger partial charge >= 0.3 is 5.97 Å². The van der Waals surface area contributed by atoms with Gasteiger partial charge < -0.3 is 10.1 Å². The second kappa shape index (κ2) is 10.9. The van der Waals surface area contributed by atoms with Crippen molar-refractivity contribution in [2.75, 3.05) is 5.32 Å². The standard InChI is InChI=1S/C31H23ClFN3O3/c1-19-6-8-22(9-7-19)29-28(31(39-20(2)37)36(35-29)27-16-12-25(33)13-17-27)21-10-14-26(15-11-21)34-30(38)23-4-3-5-24(32)18-23/h3-18H,1-2H3,(H,34,38). The number of nitrogens with zero attached hydrogens (tertiary/aromatic N) is 2. The molecule has 1 N–H and O–H groups in total. The highest BCUT2D eigenvalue weighted by Gasteiger charge is 2.24. The molecule has 1 aromatic heterocycles. The van der Waals surface area contributed by atoms with E-state index in [1.807, 2.05) is 43.3 Å². The first-order valence-corrected chi connectivity index (χ1v) is 12.5. The fourth-order valence-electron chi connectivity index (χ4n) is 4.12. The molecule has 1 heterocycles. The highest BCUT2D eigenvalue weighted by molar-refractivity contribution is 6.31. The Hall–Kier alpha value is -4.75. The zero-order valence-electron chi connectivity index (χ0n) is 21.1. The van der Waals surface area contributed by atoms with Crippen LogP contribution < -0.4 is 10.1 Å². The van der Waals surface area contributed by atoms with E-state index in [1.54, 1.807) is 48.5 Å². The summed E-state index contributed by atoms with van der Waals surface area (Å²) in [6, 6.07) is 27.4. The van der Waals surface area contributed by atoms with Gasteiger partial charge in [0.1, 0.15) is 11.5 Å². The van der Waals surface area contributed by atoms with E-state index in [1.165, 1.54) is 23.7 Å². The number of rotatable bonds is 6. The minimum absolute atomic E-state index is 0.195. The van der Waals surface area contributed by atoms with Gasteiger partial charge in [0.25, 0.3) is 5.91 Å². The Bertz CT molecular complexity index is 1660. The quantitative estimate of drug-likeness (QED) is 0.227. The Morgan fingerprint density at radius 2 is 1.56 bits per heavy atom. The van der Waals surface area contributed by atoms with Crippen LogP contribution in [0.1, 0.15) is 22.8 Å².